The average molecular weight is 563 g/mol. The van der Waals surface area contributed by atoms with Crippen molar-refractivity contribution in [2.45, 2.75) is 37.8 Å². The molecule has 0 spiro atoms. The minimum Gasteiger partial charge on any atom is -0.357 e. The van der Waals surface area contributed by atoms with E-state index in [1.54, 1.807) is 74.5 Å². The van der Waals surface area contributed by atoms with E-state index in [0.717, 1.165) is 4.31 Å². The van der Waals surface area contributed by atoms with Crippen molar-refractivity contribution in [2.24, 2.45) is 0 Å². The zero-order valence-corrected chi connectivity index (χ0v) is 23.1. The molecule has 2 amide bonds. The average Bonchev–Trinajstić information content (AvgIpc) is 2.89. The van der Waals surface area contributed by atoms with Crippen LogP contribution >= 0.6 is 23.2 Å². The molecule has 196 valence electrons. The summed E-state index contributed by atoms with van der Waals surface area (Å²) in [6.07, 6.45) is 0.322. The van der Waals surface area contributed by atoms with Crippen LogP contribution in [0.5, 0.6) is 0 Å². The Kier molecular flexibility index (Phi) is 9.59. The van der Waals surface area contributed by atoms with E-state index in [1.807, 2.05) is 0 Å². The second-order valence-corrected chi connectivity index (χ2v) is 11.1. The molecule has 0 saturated carbocycles. The van der Waals surface area contributed by atoms with Crippen molar-refractivity contribution < 1.29 is 18.0 Å². The molecule has 0 heterocycles. The first kappa shape index (κ1) is 28.5. The number of aryl methyl sites for hydroxylation is 1. The van der Waals surface area contributed by atoms with E-state index in [-0.39, 0.29) is 17.3 Å². The summed E-state index contributed by atoms with van der Waals surface area (Å²) in [6.45, 7) is 3.10. The number of para-hydroxylation sites is 1. The third kappa shape index (κ3) is 6.63. The van der Waals surface area contributed by atoms with Crippen molar-refractivity contribution in [3.63, 3.8) is 0 Å². The Labute approximate surface area is 228 Å². The lowest BCUT2D eigenvalue weighted by molar-refractivity contribution is -0.140. The predicted octanol–water partition coefficient (Wildman–Crippen LogP) is 5.05. The minimum absolute atomic E-state index is 0.0364. The molecule has 3 aromatic rings. The topological polar surface area (TPSA) is 86.8 Å². The number of benzene rings is 3. The number of carbonyl (C=O) groups is 2. The Hall–Kier alpha value is -3.07. The first-order chi connectivity index (χ1) is 17.6. The summed E-state index contributed by atoms with van der Waals surface area (Å²) in [4.78, 5) is 28.1. The molecule has 0 bridgehead atoms. The van der Waals surface area contributed by atoms with E-state index >= 15 is 0 Å². The van der Waals surface area contributed by atoms with Gasteiger partial charge in [-0.3, -0.25) is 13.9 Å². The maximum absolute atomic E-state index is 13.9. The van der Waals surface area contributed by atoms with Gasteiger partial charge in [0.1, 0.15) is 12.6 Å². The van der Waals surface area contributed by atoms with Gasteiger partial charge in [0, 0.05) is 13.6 Å². The minimum atomic E-state index is -4.10. The standard InChI is InChI=1S/C27H29Cl2N3O4S/c1-4-24(27(34)30-3)31(17-20-14-15-22(28)23(29)16-20)26(33)18-32(25-13-9-8-10-19(25)2)37(35,36)21-11-6-5-7-12-21/h5-16,24H,4,17-18H2,1-3H3,(H,30,34)/t24-/m0/s1. The Bertz CT molecular complexity index is 1370. The lowest BCUT2D eigenvalue weighted by Crippen LogP contribution is -2.51. The molecule has 1 N–H and O–H groups in total. The molecule has 0 saturated heterocycles. The molecule has 0 unspecified atom stereocenters. The van der Waals surface area contributed by atoms with Gasteiger partial charge < -0.3 is 10.2 Å². The second kappa shape index (κ2) is 12.4. The van der Waals surface area contributed by atoms with Crippen molar-refractivity contribution in [1.82, 2.24) is 10.2 Å². The van der Waals surface area contributed by atoms with Crippen LogP contribution in [0.15, 0.2) is 77.7 Å². The van der Waals surface area contributed by atoms with Gasteiger partial charge in [0.25, 0.3) is 10.0 Å². The number of rotatable bonds is 10. The zero-order chi connectivity index (χ0) is 27.2. The van der Waals surface area contributed by atoms with Gasteiger partial charge in [-0.05, 0) is 54.8 Å². The van der Waals surface area contributed by atoms with Gasteiger partial charge >= 0.3 is 0 Å². The molecule has 3 rings (SSSR count). The van der Waals surface area contributed by atoms with Crippen LogP contribution in [-0.4, -0.2) is 44.8 Å². The van der Waals surface area contributed by atoms with Gasteiger partial charge in [-0.1, -0.05) is 72.6 Å². The molecule has 0 aliphatic heterocycles. The maximum Gasteiger partial charge on any atom is 0.264 e. The molecule has 0 aliphatic carbocycles. The lowest BCUT2D eigenvalue weighted by Gasteiger charge is -2.33. The SMILES string of the molecule is CC[C@@H](C(=O)NC)N(Cc1ccc(Cl)c(Cl)c1)C(=O)CN(c1ccccc1C)S(=O)(=O)c1ccccc1. The van der Waals surface area contributed by atoms with Crippen LogP contribution in [0.3, 0.4) is 0 Å². The van der Waals surface area contributed by atoms with Crippen molar-refractivity contribution >= 4 is 50.7 Å². The Morgan fingerprint density at radius 3 is 2.19 bits per heavy atom. The monoisotopic (exact) mass is 561 g/mol. The highest BCUT2D eigenvalue weighted by atomic mass is 35.5. The van der Waals surface area contributed by atoms with E-state index in [2.05, 4.69) is 5.32 Å². The van der Waals surface area contributed by atoms with Gasteiger partial charge in [0.2, 0.25) is 11.8 Å². The number of hydrogen-bond acceptors (Lipinski definition) is 4. The largest absolute Gasteiger partial charge is 0.357 e. The fourth-order valence-electron chi connectivity index (χ4n) is 4.00. The number of sulfonamides is 1. The van der Waals surface area contributed by atoms with Gasteiger partial charge in [-0.15, -0.1) is 0 Å². The summed E-state index contributed by atoms with van der Waals surface area (Å²) in [5, 5.41) is 3.27. The Balaban J connectivity index is 2.07. The van der Waals surface area contributed by atoms with E-state index in [9.17, 15) is 18.0 Å². The molecule has 0 aliphatic rings. The zero-order valence-electron chi connectivity index (χ0n) is 20.8. The third-order valence-corrected chi connectivity index (χ3v) is 8.48. The number of likely N-dealkylation sites (N-methyl/N-ethyl adjacent to an activating group) is 1. The second-order valence-electron chi connectivity index (χ2n) is 8.42. The van der Waals surface area contributed by atoms with E-state index in [1.165, 1.54) is 24.1 Å². The normalized spacial score (nSPS) is 12.0. The molecule has 0 fully saturated rings. The molecule has 37 heavy (non-hydrogen) atoms. The predicted molar refractivity (Wildman–Crippen MR) is 147 cm³/mol. The van der Waals surface area contributed by atoms with Crippen molar-refractivity contribution in [2.75, 3.05) is 17.9 Å². The summed E-state index contributed by atoms with van der Waals surface area (Å²) in [5.74, 6) is -0.895. The van der Waals surface area contributed by atoms with E-state index in [0.29, 0.717) is 33.3 Å². The number of anilines is 1. The van der Waals surface area contributed by atoms with E-state index in [4.69, 9.17) is 23.2 Å². The first-order valence-corrected chi connectivity index (χ1v) is 13.9. The molecule has 7 nitrogen and oxygen atoms in total. The number of halogens is 2. The summed E-state index contributed by atoms with van der Waals surface area (Å²) in [7, 11) is -2.61. The molecule has 0 radical (unpaired) electrons. The fourth-order valence-corrected chi connectivity index (χ4v) is 5.82. The van der Waals surface area contributed by atoms with Crippen LogP contribution in [0.1, 0.15) is 24.5 Å². The highest BCUT2D eigenvalue weighted by Crippen LogP contribution is 2.28. The molecule has 0 aromatic heterocycles. The summed E-state index contributed by atoms with van der Waals surface area (Å²) in [5.41, 5.74) is 1.71. The third-order valence-electron chi connectivity index (χ3n) is 5.96. The van der Waals surface area contributed by atoms with Crippen LogP contribution in [-0.2, 0) is 26.2 Å². The molecular weight excluding hydrogens is 533 g/mol. The summed E-state index contributed by atoms with van der Waals surface area (Å²) in [6, 6.07) is 19.0. The molecule has 1 atom stereocenters. The summed E-state index contributed by atoms with van der Waals surface area (Å²) >= 11 is 12.2. The van der Waals surface area contributed by atoms with Crippen LogP contribution in [0, 0.1) is 6.92 Å². The van der Waals surface area contributed by atoms with Crippen LogP contribution in [0.2, 0.25) is 10.0 Å². The number of hydrogen-bond donors (Lipinski definition) is 1. The van der Waals surface area contributed by atoms with Gasteiger partial charge in [0.05, 0.1) is 20.6 Å². The number of nitrogens with one attached hydrogen (secondary N) is 1. The number of carbonyl (C=O) groups excluding carboxylic acids is 2. The quantitative estimate of drug-likeness (QED) is 0.375. The van der Waals surface area contributed by atoms with Gasteiger partial charge in [-0.25, -0.2) is 8.42 Å². The Morgan fingerprint density at radius 2 is 1.59 bits per heavy atom. The number of amides is 2. The van der Waals surface area contributed by atoms with Crippen LogP contribution < -0.4 is 9.62 Å². The van der Waals surface area contributed by atoms with Crippen LogP contribution in [0.25, 0.3) is 0 Å². The highest BCUT2D eigenvalue weighted by molar-refractivity contribution is 7.92. The van der Waals surface area contributed by atoms with Crippen molar-refractivity contribution in [3.8, 4) is 0 Å². The molecular formula is C27H29Cl2N3O4S. The molecule has 10 heteroatoms. The summed E-state index contributed by atoms with van der Waals surface area (Å²) < 4.78 is 28.6. The smallest absolute Gasteiger partial charge is 0.264 e. The van der Waals surface area contributed by atoms with Gasteiger partial charge in [-0.2, -0.15) is 0 Å². The number of nitrogens with zero attached hydrogens (tertiary/aromatic N) is 2. The fraction of sp³-hybridized carbons (Fsp3) is 0.259. The Morgan fingerprint density at radius 1 is 0.946 bits per heavy atom. The van der Waals surface area contributed by atoms with Crippen LogP contribution in [0.4, 0.5) is 5.69 Å². The highest BCUT2D eigenvalue weighted by Gasteiger charge is 2.33. The maximum atomic E-state index is 13.9. The molecule has 3 aromatic carbocycles. The lowest BCUT2D eigenvalue weighted by atomic mass is 10.1. The van der Waals surface area contributed by atoms with Crippen molar-refractivity contribution in [1.29, 1.82) is 0 Å². The van der Waals surface area contributed by atoms with E-state index < -0.39 is 28.5 Å². The van der Waals surface area contributed by atoms with Crippen molar-refractivity contribution in [3.05, 3.63) is 94.0 Å². The first-order valence-electron chi connectivity index (χ1n) is 11.7. The van der Waals surface area contributed by atoms with Gasteiger partial charge in [0.15, 0.2) is 0 Å².